The summed E-state index contributed by atoms with van der Waals surface area (Å²) in [4.78, 5) is 16.5. The van der Waals surface area contributed by atoms with Crippen LogP contribution in [0.5, 0.6) is 0 Å². The molecule has 20 heavy (non-hydrogen) atoms. The van der Waals surface area contributed by atoms with Crippen molar-refractivity contribution >= 4 is 11.7 Å². The summed E-state index contributed by atoms with van der Waals surface area (Å²) in [5.74, 6) is 0.794. The van der Waals surface area contributed by atoms with Gasteiger partial charge >= 0.3 is 0 Å². The van der Waals surface area contributed by atoms with Crippen molar-refractivity contribution in [2.75, 3.05) is 11.9 Å². The lowest BCUT2D eigenvalue weighted by Crippen LogP contribution is -2.46. The van der Waals surface area contributed by atoms with Crippen molar-refractivity contribution in [2.24, 2.45) is 5.41 Å². The SMILES string of the molecule is CCNc1ccc(C(=O)NC2CCCCC2(C)C)cn1. The molecule has 4 nitrogen and oxygen atoms in total. The van der Waals surface area contributed by atoms with Gasteiger partial charge in [0, 0.05) is 18.8 Å². The summed E-state index contributed by atoms with van der Waals surface area (Å²) in [6, 6.07) is 3.94. The fraction of sp³-hybridized carbons (Fsp3) is 0.625. The number of nitrogens with zero attached hydrogens (tertiary/aromatic N) is 1. The van der Waals surface area contributed by atoms with E-state index in [0.717, 1.165) is 18.8 Å². The van der Waals surface area contributed by atoms with E-state index < -0.39 is 0 Å². The van der Waals surface area contributed by atoms with Crippen LogP contribution in [-0.4, -0.2) is 23.5 Å². The third kappa shape index (κ3) is 3.50. The summed E-state index contributed by atoms with van der Waals surface area (Å²) < 4.78 is 0. The van der Waals surface area contributed by atoms with E-state index in [0.29, 0.717) is 5.56 Å². The molecule has 1 heterocycles. The van der Waals surface area contributed by atoms with Crippen LogP contribution in [0.3, 0.4) is 0 Å². The molecule has 1 saturated carbocycles. The second kappa shape index (κ2) is 6.25. The fourth-order valence-electron chi connectivity index (χ4n) is 2.82. The maximum Gasteiger partial charge on any atom is 0.253 e. The lowest BCUT2D eigenvalue weighted by atomic mass is 9.73. The molecule has 0 saturated heterocycles. The molecule has 1 aliphatic carbocycles. The standard InChI is InChI=1S/C16H25N3O/c1-4-17-14-9-8-12(11-18-14)15(20)19-13-7-5-6-10-16(13,2)3/h8-9,11,13H,4-7,10H2,1-3H3,(H,17,18)(H,19,20). The molecule has 0 bridgehead atoms. The lowest BCUT2D eigenvalue weighted by molar-refractivity contribution is 0.0853. The number of carbonyl (C=O) groups is 1. The van der Waals surface area contributed by atoms with E-state index >= 15 is 0 Å². The van der Waals surface area contributed by atoms with E-state index in [9.17, 15) is 4.79 Å². The van der Waals surface area contributed by atoms with Gasteiger partial charge in [0.1, 0.15) is 5.82 Å². The maximum atomic E-state index is 12.3. The number of hydrogen-bond acceptors (Lipinski definition) is 3. The molecular formula is C16H25N3O. The molecule has 1 fully saturated rings. The van der Waals surface area contributed by atoms with E-state index in [4.69, 9.17) is 0 Å². The highest BCUT2D eigenvalue weighted by Crippen LogP contribution is 2.35. The number of anilines is 1. The van der Waals surface area contributed by atoms with Crippen molar-refractivity contribution in [1.29, 1.82) is 0 Å². The van der Waals surface area contributed by atoms with Crippen LogP contribution in [0, 0.1) is 5.41 Å². The van der Waals surface area contributed by atoms with Gasteiger partial charge in [-0.2, -0.15) is 0 Å². The Kier molecular flexibility index (Phi) is 4.63. The van der Waals surface area contributed by atoms with Crippen LogP contribution in [0.25, 0.3) is 0 Å². The Hall–Kier alpha value is -1.58. The highest BCUT2D eigenvalue weighted by Gasteiger charge is 2.33. The monoisotopic (exact) mass is 275 g/mol. The zero-order chi connectivity index (χ0) is 14.6. The Bertz CT molecular complexity index is 453. The molecule has 0 aliphatic heterocycles. The summed E-state index contributed by atoms with van der Waals surface area (Å²) in [7, 11) is 0. The molecule has 110 valence electrons. The quantitative estimate of drug-likeness (QED) is 0.887. The summed E-state index contributed by atoms with van der Waals surface area (Å²) in [6.07, 6.45) is 6.35. The Morgan fingerprint density at radius 1 is 1.40 bits per heavy atom. The van der Waals surface area contributed by atoms with Crippen molar-refractivity contribution in [2.45, 2.75) is 52.5 Å². The molecule has 0 spiro atoms. The first-order chi connectivity index (χ1) is 9.53. The minimum atomic E-state index is -0.0134. The molecule has 1 unspecified atom stereocenters. The van der Waals surface area contributed by atoms with Crippen LogP contribution < -0.4 is 10.6 Å². The first-order valence-electron chi connectivity index (χ1n) is 7.54. The zero-order valence-corrected chi connectivity index (χ0v) is 12.7. The molecule has 4 heteroatoms. The Labute approximate surface area is 121 Å². The number of carbonyl (C=O) groups excluding carboxylic acids is 1. The molecule has 0 aromatic carbocycles. The van der Waals surface area contributed by atoms with Gasteiger partial charge in [0.25, 0.3) is 5.91 Å². The van der Waals surface area contributed by atoms with E-state index in [-0.39, 0.29) is 17.4 Å². The second-order valence-corrected chi connectivity index (χ2v) is 6.22. The maximum absolute atomic E-state index is 12.3. The Morgan fingerprint density at radius 3 is 2.80 bits per heavy atom. The van der Waals surface area contributed by atoms with Crippen LogP contribution in [0.15, 0.2) is 18.3 Å². The largest absolute Gasteiger partial charge is 0.370 e. The van der Waals surface area contributed by atoms with Crippen molar-refractivity contribution in [1.82, 2.24) is 10.3 Å². The third-order valence-corrected chi connectivity index (χ3v) is 4.20. The Balaban J connectivity index is 2.00. The number of amides is 1. The fourth-order valence-corrected chi connectivity index (χ4v) is 2.82. The average molecular weight is 275 g/mol. The summed E-state index contributed by atoms with van der Waals surface area (Å²) in [6.45, 7) is 7.33. The van der Waals surface area contributed by atoms with Crippen molar-refractivity contribution < 1.29 is 4.79 Å². The number of nitrogens with one attached hydrogen (secondary N) is 2. The second-order valence-electron chi connectivity index (χ2n) is 6.22. The van der Waals surface area contributed by atoms with E-state index in [1.54, 1.807) is 6.20 Å². The number of pyridine rings is 1. The van der Waals surface area contributed by atoms with Gasteiger partial charge in [-0.05, 0) is 37.3 Å². The van der Waals surface area contributed by atoms with Crippen molar-refractivity contribution in [3.8, 4) is 0 Å². The molecule has 1 aromatic heterocycles. The Morgan fingerprint density at radius 2 is 2.20 bits per heavy atom. The smallest absolute Gasteiger partial charge is 0.253 e. The van der Waals surface area contributed by atoms with Gasteiger partial charge in [-0.15, -0.1) is 0 Å². The van der Waals surface area contributed by atoms with Gasteiger partial charge in [0.15, 0.2) is 0 Å². The average Bonchev–Trinajstić information content (AvgIpc) is 2.42. The van der Waals surface area contributed by atoms with Crippen LogP contribution in [0.1, 0.15) is 56.8 Å². The normalized spacial score (nSPS) is 21.2. The van der Waals surface area contributed by atoms with Gasteiger partial charge in [-0.3, -0.25) is 4.79 Å². The third-order valence-electron chi connectivity index (χ3n) is 4.20. The zero-order valence-electron chi connectivity index (χ0n) is 12.7. The van der Waals surface area contributed by atoms with Gasteiger partial charge in [0.05, 0.1) is 5.56 Å². The van der Waals surface area contributed by atoms with E-state index in [1.165, 1.54) is 19.3 Å². The summed E-state index contributed by atoms with van der Waals surface area (Å²) >= 11 is 0. The predicted molar refractivity (Wildman–Crippen MR) is 81.9 cm³/mol. The molecular weight excluding hydrogens is 250 g/mol. The van der Waals surface area contributed by atoms with Gasteiger partial charge in [-0.1, -0.05) is 26.7 Å². The lowest BCUT2D eigenvalue weighted by Gasteiger charge is -2.39. The minimum Gasteiger partial charge on any atom is -0.370 e. The number of aromatic nitrogens is 1. The van der Waals surface area contributed by atoms with Gasteiger partial charge < -0.3 is 10.6 Å². The highest BCUT2D eigenvalue weighted by atomic mass is 16.1. The van der Waals surface area contributed by atoms with Gasteiger partial charge in [0.2, 0.25) is 0 Å². The number of hydrogen-bond donors (Lipinski definition) is 2. The van der Waals surface area contributed by atoms with Crippen LogP contribution in [0.2, 0.25) is 0 Å². The first kappa shape index (κ1) is 14.8. The minimum absolute atomic E-state index is 0.0134. The molecule has 2 N–H and O–H groups in total. The molecule has 1 amide bonds. The first-order valence-corrected chi connectivity index (χ1v) is 7.54. The molecule has 1 atom stereocenters. The van der Waals surface area contributed by atoms with Crippen molar-refractivity contribution in [3.63, 3.8) is 0 Å². The predicted octanol–water partition coefficient (Wildman–Crippen LogP) is 3.21. The topological polar surface area (TPSA) is 54.0 Å². The van der Waals surface area contributed by atoms with Crippen LogP contribution in [-0.2, 0) is 0 Å². The van der Waals surface area contributed by atoms with Crippen LogP contribution in [0.4, 0.5) is 5.82 Å². The molecule has 1 aliphatic rings. The number of rotatable bonds is 4. The molecule has 0 radical (unpaired) electrons. The molecule has 1 aromatic rings. The summed E-state index contributed by atoms with van der Waals surface area (Å²) in [5.41, 5.74) is 0.818. The van der Waals surface area contributed by atoms with E-state index in [2.05, 4.69) is 29.5 Å². The van der Waals surface area contributed by atoms with Gasteiger partial charge in [-0.25, -0.2) is 4.98 Å². The van der Waals surface area contributed by atoms with E-state index in [1.807, 2.05) is 19.1 Å². The highest BCUT2D eigenvalue weighted by molar-refractivity contribution is 5.94. The molecule has 2 rings (SSSR count). The van der Waals surface area contributed by atoms with Crippen LogP contribution >= 0.6 is 0 Å². The summed E-state index contributed by atoms with van der Waals surface area (Å²) in [5, 5.41) is 6.30. The van der Waals surface area contributed by atoms with Crippen molar-refractivity contribution in [3.05, 3.63) is 23.9 Å².